The topological polar surface area (TPSA) is 80.4 Å². The van der Waals surface area contributed by atoms with Crippen LogP contribution in [0, 0.1) is 10.1 Å². The van der Waals surface area contributed by atoms with Crippen molar-refractivity contribution in [1.82, 2.24) is 4.98 Å². The van der Waals surface area contributed by atoms with Crippen molar-refractivity contribution < 1.29 is 18.1 Å². The minimum absolute atomic E-state index is 0.0172. The van der Waals surface area contributed by atoms with Crippen LogP contribution < -0.4 is 5.43 Å². The molecule has 0 saturated heterocycles. The Hall–Kier alpha value is -3.53. The first-order valence-corrected chi connectivity index (χ1v) is 9.04. The fraction of sp³-hybridized carbons (Fsp3) is 0.0526. The fourth-order valence-corrected chi connectivity index (χ4v) is 2.98. The summed E-state index contributed by atoms with van der Waals surface area (Å²) in [5.74, 6) is 0. The van der Waals surface area contributed by atoms with Gasteiger partial charge in [0.15, 0.2) is 0 Å². The number of nitrogens with one attached hydrogen (secondary N) is 1. The molecule has 2 aromatic carbocycles. The van der Waals surface area contributed by atoms with Gasteiger partial charge in [0.1, 0.15) is 0 Å². The van der Waals surface area contributed by atoms with E-state index < -0.39 is 16.7 Å². The van der Waals surface area contributed by atoms with E-state index in [4.69, 9.17) is 0 Å². The number of non-ortho nitro benzene ring substituents is 1. The molecule has 1 N–H and O–H groups in total. The molecule has 1 heterocycles. The summed E-state index contributed by atoms with van der Waals surface area (Å²) in [6, 6.07) is 10.9. The number of hydrogen-bond donors (Lipinski definition) is 1. The molecule has 6 nitrogen and oxygen atoms in total. The van der Waals surface area contributed by atoms with Gasteiger partial charge in [0, 0.05) is 29.3 Å². The normalized spacial score (nSPS) is 12.0. The molecule has 0 fully saturated rings. The molecule has 0 amide bonds. The molecule has 10 heteroatoms. The lowest BCUT2D eigenvalue weighted by molar-refractivity contribution is -0.384. The van der Waals surface area contributed by atoms with Crippen molar-refractivity contribution in [2.75, 3.05) is 5.43 Å². The Labute approximate surface area is 167 Å². The maximum atomic E-state index is 12.5. The van der Waals surface area contributed by atoms with Crippen molar-refractivity contribution >= 4 is 34.4 Å². The molecule has 0 aliphatic carbocycles. The summed E-state index contributed by atoms with van der Waals surface area (Å²) < 4.78 is 37.5. The average Bonchev–Trinajstić information content (AvgIpc) is 3.16. The molecule has 0 aliphatic heterocycles. The molecule has 1 aromatic heterocycles. The van der Waals surface area contributed by atoms with Gasteiger partial charge >= 0.3 is 6.18 Å². The Bertz CT molecular complexity index is 1060. The Morgan fingerprint density at radius 1 is 1.17 bits per heavy atom. The number of nitro benzene ring substituents is 1. The van der Waals surface area contributed by atoms with E-state index in [1.807, 2.05) is 0 Å². The van der Waals surface area contributed by atoms with E-state index in [0.29, 0.717) is 22.0 Å². The van der Waals surface area contributed by atoms with Crippen LogP contribution in [0.5, 0.6) is 0 Å². The molecule has 29 heavy (non-hydrogen) atoms. The summed E-state index contributed by atoms with van der Waals surface area (Å²) in [5, 5.41) is 17.1. The van der Waals surface area contributed by atoms with Gasteiger partial charge in [0.2, 0.25) is 5.13 Å². The number of nitro groups is 1. The smallest absolute Gasteiger partial charge is 0.258 e. The van der Waals surface area contributed by atoms with Gasteiger partial charge in [-0.05, 0) is 23.8 Å². The van der Waals surface area contributed by atoms with Crippen molar-refractivity contribution in [3.8, 4) is 11.3 Å². The van der Waals surface area contributed by atoms with E-state index >= 15 is 0 Å². The predicted molar refractivity (Wildman–Crippen MR) is 107 cm³/mol. The fourth-order valence-electron chi connectivity index (χ4n) is 2.31. The number of allylic oxidation sites excluding steroid dienone is 1. The van der Waals surface area contributed by atoms with Crippen LogP contribution in [0.4, 0.5) is 24.0 Å². The molecule has 3 rings (SSSR count). The molecule has 0 bridgehead atoms. The largest absolute Gasteiger partial charge is 0.416 e. The van der Waals surface area contributed by atoms with E-state index in [-0.39, 0.29) is 5.69 Å². The highest BCUT2D eigenvalue weighted by Crippen LogP contribution is 2.29. The number of nitrogens with zero attached hydrogens (tertiary/aromatic N) is 3. The lowest BCUT2D eigenvalue weighted by atomic mass is 10.1. The zero-order valence-corrected chi connectivity index (χ0v) is 15.4. The Balaban J connectivity index is 1.58. The summed E-state index contributed by atoms with van der Waals surface area (Å²) in [6.07, 6.45) is 0.267. The molecular formula is C19H13F3N4O2S. The van der Waals surface area contributed by atoms with Gasteiger partial charge in [-0.15, -0.1) is 11.3 Å². The standard InChI is InChI=1S/C19H13F3N4O2S/c20-19(21,22)15-8-6-13(7-9-15)3-2-10-23-25-18-24-17(12-29-18)14-4-1-5-16(11-14)26(27)28/h1-12H,(H,24,25)/b3-2+,23-10+. The van der Waals surface area contributed by atoms with E-state index in [1.54, 1.807) is 29.7 Å². The van der Waals surface area contributed by atoms with Crippen molar-refractivity contribution in [2.45, 2.75) is 6.18 Å². The zero-order valence-electron chi connectivity index (χ0n) is 14.6. The van der Waals surface area contributed by atoms with Crippen LogP contribution in [0.1, 0.15) is 11.1 Å². The van der Waals surface area contributed by atoms with E-state index in [1.165, 1.54) is 41.8 Å². The second kappa shape index (κ2) is 8.65. The average molecular weight is 418 g/mol. The zero-order chi connectivity index (χ0) is 20.9. The van der Waals surface area contributed by atoms with Gasteiger partial charge in [-0.1, -0.05) is 30.3 Å². The highest BCUT2D eigenvalue weighted by atomic mass is 32.1. The second-order valence-corrected chi connectivity index (χ2v) is 6.57. The molecule has 0 unspecified atom stereocenters. The van der Waals surface area contributed by atoms with Crippen LogP contribution >= 0.6 is 11.3 Å². The number of rotatable bonds is 6. The Kier molecular flexibility index (Phi) is 6.03. The molecule has 3 aromatic rings. The Morgan fingerprint density at radius 2 is 1.93 bits per heavy atom. The first kappa shape index (κ1) is 20.2. The minimum atomic E-state index is -4.36. The van der Waals surface area contributed by atoms with Crippen molar-refractivity contribution in [3.05, 3.63) is 81.2 Å². The summed E-state index contributed by atoms with van der Waals surface area (Å²) in [4.78, 5) is 14.7. The molecule has 0 saturated carbocycles. The molecule has 0 aliphatic rings. The summed E-state index contributed by atoms with van der Waals surface area (Å²) in [6.45, 7) is 0. The first-order chi connectivity index (χ1) is 13.8. The van der Waals surface area contributed by atoms with Gasteiger partial charge in [-0.3, -0.25) is 15.5 Å². The predicted octanol–water partition coefficient (Wildman–Crippen LogP) is 5.85. The number of alkyl halides is 3. The number of hydrogen-bond acceptors (Lipinski definition) is 6. The van der Waals surface area contributed by atoms with Gasteiger partial charge in [-0.25, -0.2) is 4.98 Å². The minimum Gasteiger partial charge on any atom is -0.258 e. The summed E-state index contributed by atoms with van der Waals surface area (Å²) in [7, 11) is 0. The van der Waals surface area contributed by atoms with Crippen LogP contribution in [0.3, 0.4) is 0 Å². The summed E-state index contributed by atoms with van der Waals surface area (Å²) >= 11 is 1.28. The lowest BCUT2D eigenvalue weighted by Gasteiger charge is -2.05. The third-order valence-electron chi connectivity index (χ3n) is 3.70. The van der Waals surface area contributed by atoms with Crippen LogP contribution in [0.2, 0.25) is 0 Å². The number of benzene rings is 2. The lowest BCUT2D eigenvalue weighted by Crippen LogP contribution is -2.03. The highest BCUT2D eigenvalue weighted by molar-refractivity contribution is 7.14. The quantitative estimate of drug-likeness (QED) is 0.309. The monoisotopic (exact) mass is 418 g/mol. The molecule has 0 atom stereocenters. The maximum Gasteiger partial charge on any atom is 0.416 e. The SMILES string of the molecule is O=[N+]([O-])c1cccc(-c2csc(N/N=C/C=C/c3ccc(C(F)(F)F)cc3)n2)c1. The van der Waals surface area contributed by atoms with Crippen LogP contribution in [0.15, 0.2) is 65.1 Å². The van der Waals surface area contributed by atoms with Crippen LogP contribution in [-0.4, -0.2) is 16.1 Å². The second-order valence-electron chi connectivity index (χ2n) is 5.71. The summed E-state index contributed by atoms with van der Waals surface area (Å²) in [5.41, 5.74) is 3.82. The van der Waals surface area contributed by atoms with E-state index in [2.05, 4.69) is 15.5 Å². The van der Waals surface area contributed by atoms with Crippen molar-refractivity contribution in [3.63, 3.8) is 0 Å². The van der Waals surface area contributed by atoms with Crippen LogP contribution in [-0.2, 0) is 6.18 Å². The number of aromatic nitrogens is 1. The molecule has 148 valence electrons. The van der Waals surface area contributed by atoms with Crippen molar-refractivity contribution in [2.24, 2.45) is 5.10 Å². The molecule has 0 spiro atoms. The third kappa shape index (κ3) is 5.48. The number of thiazole rings is 1. The van der Waals surface area contributed by atoms with Gasteiger partial charge in [-0.2, -0.15) is 18.3 Å². The molecular weight excluding hydrogens is 405 g/mol. The van der Waals surface area contributed by atoms with E-state index in [0.717, 1.165) is 12.1 Å². The molecule has 0 radical (unpaired) electrons. The highest BCUT2D eigenvalue weighted by Gasteiger charge is 2.29. The van der Waals surface area contributed by atoms with Crippen molar-refractivity contribution in [1.29, 1.82) is 0 Å². The first-order valence-electron chi connectivity index (χ1n) is 8.16. The number of anilines is 1. The van der Waals surface area contributed by atoms with Crippen LogP contribution in [0.25, 0.3) is 17.3 Å². The Morgan fingerprint density at radius 3 is 2.62 bits per heavy atom. The number of halogens is 3. The van der Waals surface area contributed by atoms with Gasteiger partial charge in [0.05, 0.1) is 16.2 Å². The van der Waals surface area contributed by atoms with E-state index in [9.17, 15) is 23.3 Å². The van der Waals surface area contributed by atoms with Gasteiger partial charge < -0.3 is 0 Å². The third-order valence-corrected chi connectivity index (χ3v) is 4.45. The maximum absolute atomic E-state index is 12.5. The number of hydrazone groups is 1. The van der Waals surface area contributed by atoms with Gasteiger partial charge in [0.25, 0.3) is 5.69 Å².